The molecule has 1 aromatic heterocycles. The second-order valence-electron chi connectivity index (χ2n) is 5.44. The first-order valence-corrected chi connectivity index (χ1v) is 7.29. The summed E-state index contributed by atoms with van der Waals surface area (Å²) in [5.41, 5.74) is 0.814. The van der Waals surface area contributed by atoms with Crippen molar-refractivity contribution in [1.29, 1.82) is 0 Å². The summed E-state index contributed by atoms with van der Waals surface area (Å²) < 4.78 is 0. The quantitative estimate of drug-likeness (QED) is 0.771. The van der Waals surface area contributed by atoms with Gasteiger partial charge in [-0.2, -0.15) is 0 Å². The van der Waals surface area contributed by atoms with Gasteiger partial charge in [0.2, 0.25) is 0 Å². The highest BCUT2D eigenvalue weighted by Crippen LogP contribution is 2.28. The molecule has 1 heterocycles. The Bertz CT molecular complexity index is 470. The molecule has 2 amide bonds. The molecule has 1 saturated carbocycles. The van der Waals surface area contributed by atoms with Crippen LogP contribution in [-0.2, 0) is 11.3 Å². The van der Waals surface area contributed by atoms with Gasteiger partial charge in [0.05, 0.1) is 18.2 Å². The van der Waals surface area contributed by atoms with Crippen molar-refractivity contribution in [3.63, 3.8) is 0 Å². The van der Waals surface area contributed by atoms with Gasteiger partial charge >= 0.3 is 12.0 Å². The molecule has 0 spiro atoms. The molecule has 1 aliphatic carbocycles. The van der Waals surface area contributed by atoms with E-state index in [0.717, 1.165) is 18.5 Å². The third-order valence-corrected chi connectivity index (χ3v) is 3.90. The fraction of sp³-hybridized carbons (Fsp3) is 0.533. The maximum absolute atomic E-state index is 11.7. The highest BCUT2D eigenvalue weighted by molar-refractivity contribution is 5.73. The zero-order chi connectivity index (χ0) is 15.1. The molecule has 0 aromatic carbocycles. The average molecular weight is 291 g/mol. The number of pyridine rings is 1. The predicted molar refractivity (Wildman–Crippen MR) is 77.6 cm³/mol. The Hall–Kier alpha value is -2.11. The Kier molecular flexibility index (Phi) is 5.54. The number of amides is 2. The summed E-state index contributed by atoms with van der Waals surface area (Å²) in [6.07, 6.45) is 4.82. The summed E-state index contributed by atoms with van der Waals surface area (Å²) in [6, 6.07) is 5.36. The monoisotopic (exact) mass is 291 g/mol. The van der Waals surface area contributed by atoms with Gasteiger partial charge in [0, 0.05) is 12.7 Å². The smallest absolute Gasteiger partial charge is 0.315 e. The molecule has 0 aliphatic heterocycles. The number of aliphatic carboxylic acids is 1. The number of urea groups is 1. The number of hydrogen-bond acceptors (Lipinski definition) is 3. The molecule has 6 heteroatoms. The molecular formula is C15H21N3O3. The minimum absolute atomic E-state index is 0.207. The van der Waals surface area contributed by atoms with E-state index in [1.165, 1.54) is 0 Å². The summed E-state index contributed by atoms with van der Waals surface area (Å²) in [5, 5.41) is 14.5. The standard InChI is InChI=1S/C15H21N3O3/c19-14(20)12-6-4-11(5-7-12)9-17-15(21)18-10-13-3-1-2-8-16-13/h1-3,8,11-12H,4-7,9-10H2,(H,19,20)(H2,17,18,21). The normalized spacial score (nSPS) is 21.5. The molecule has 0 bridgehead atoms. The van der Waals surface area contributed by atoms with Crippen molar-refractivity contribution in [1.82, 2.24) is 15.6 Å². The van der Waals surface area contributed by atoms with Crippen LogP contribution in [0.1, 0.15) is 31.4 Å². The van der Waals surface area contributed by atoms with Gasteiger partial charge in [0.1, 0.15) is 0 Å². The molecule has 1 aliphatic rings. The van der Waals surface area contributed by atoms with Crippen molar-refractivity contribution in [2.75, 3.05) is 6.54 Å². The first-order chi connectivity index (χ1) is 10.1. The van der Waals surface area contributed by atoms with E-state index < -0.39 is 5.97 Å². The number of carbonyl (C=O) groups excluding carboxylic acids is 1. The molecule has 1 fully saturated rings. The van der Waals surface area contributed by atoms with Crippen LogP contribution in [0.4, 0.5) is 4.79 Å². The molecule has 2 rings (SSSR count). The number of nitrogens with one attached hydrogen (secondary N) is 2. The number of nitrogens with zero attached hydrogens (tertiary/aromatic N) is 1. The second kappa shape index (κ2) is 7.61. The van der Waals surface area contributed by atoms with Gasteiger partial charge in [-0.15, -0.1) is 0 Å². The molecule has 0 atom stereocenters. The number of carboxylic acids is 1. The van der Waals surface area contributed by atoms with E-state index in [2.05, 4.69) is 15.6 Å². The van der Waals surface area contributed by atoms with Gasteiger partial charge < -0.3 is 15.7 Å². The van der Waals surface area contributed by atoms with Crippen molar-refractivity contribution < 1.29 is 14.7 Å². The fourth-order valence-electron chi connectivity index (χ4n) is 2.59. The van der Waals surface area contributed by atoms with Crippen molar-refractivity contribution in [3.8, 4) is 0 Å². The fourth-order valence-corrected chi connectivity index (χ4v) is 2.59. The SMILES string of the molecule is O=C(NCc1ccccn1)NCC1CCC(C(=O)O)CC1. The van der Waals surface area contributed by atoms with E-state index in [0.29, 0.717) is 31.8 Å². The number of carbonyl (C=O) groups is 2. The molecule has 1 aromatic rings. The Labute approximate surface area is 124 Å². The first kappa shape index (κ1) is 15.3. The van der Waals surface area contributed by atoms with Gasteiger partial charge in [-0.05, 0) is 43.7 Å². The van der Waals surface area contributed by atoms with Gasteiger partial charge in [-0.1, -0.05) is 6.07 Å². The van der Waals surface area contributed by atoms with Gasteiger partial charge in [0.15, 0.2) is 0 Å². The van der Waals surface area contributed by atoms with E-state index in [4.69, 9.17) is 5.11 Å². The topological polar surface area (TPSA) is 91.3 Å². The second-order valence-corrected chi connectivity index (χ2v) is 5.44. The van der Waals surface area contributed by atoms with Crippen LogP contribution in [0.15, 0.2) is 24.4 Å². The lowest BCUT2D eigenvalue weighted by Crippen LogP contribution is -2.39. The van der Waals surface area contributed by atoms with E-state index >= 15 is 0 Å². The third-order valence-electron chi connectivity index (χ3n) is 3.90. The Morgan fingerprint density at radius 2 is 1.95 bits per heavy atom. The van der Waals surface area contributed by atoms with Crippen LogP contribution < -0.4 is 10.6 Å². The van der Waals surface area contributed by atoms with Crippen LogP contribution >= 0.6 is 0 Å². The lowest BCUT2D eigenvalue weighted by Gasteiger charge is -2.26. The molecule has 0 unspecified atom stereocenters. The zero-order valence-corrected chi connectivity index (χ0v) is 11.9. The summed E-state index contributed by atoms with van der Waals surface area (Å²) in [5.74, 6) is -0.532. The van der Waals surface area contributed by atoms with E-state index in [1.54, 1.807) is 6.20 Å². The summed E-state index contributed by atoms with van der Waals surface area (Å²) in [6.45, 7) is 0.999. The van der Waals surface area contributed by atoms with E-state index in [-0.39, 0.29) is 11.9 Å². The summed E-state index contributed by atoms with van der Waals surface area (Å²) >= 11 is 0. The largest absolute Gasteiger partial charge is 0.481 e. The van der Waals surface area contributed by atoms with Crippen LogP contribution in [0.5, 0.6) is 0 Å². The van der Waals surface area contributed by atoms with Crippen LogP contribution in [-0.4, -0.2) is 28.6 Å². The molecule has 21 heavy (non-hydrogen) atoms. The van der Waals surface area contributed by atoms with Crippen LogP contribution in [0.3, 0.4) is 0 Å². The average Bonchev–Trinajstić information content (AvgIpc) is 2.52. The molecule has 0 saturated heterocycles. The van der Waals surface area contributed by atoms with Crippen molar-refractivity contribution >= 4 is 12.0 Å². The van der Waals surface area contributed by atoms with Crippen molar-refractivity contribution in [2.45, 2.75) is 32.2 Å². The molecule has 6 nitrogen and oxygen atoms in total. The number of aromatic nitrogens is 1. The van der Waals surface area contributed by atoms with Gasteiger partial charge in [-0.3, -0.25) is 9.78 Å². The molecule has 114 valence electrons. The minimum Gasteiger partial charge on any atom is -0.481 e. The van der Waals surface area contributed by atoms with Crippen LogP contribution in [0.2, 0.25) is 0 Å². The minimum atomic E-state index is -0.700. The van der Waals surface area contributed by atoms with Crippen LogP contribution in [0.25, 0.3) is 0 Å². The Morgan fingerprint density at radius 1 is 1.19 bits per heavy atom. The highest BCUT2D eigenvalue weighted by atomic mass is 16.4. The predicted octanol–water partition coefficient (Wildman–Crippen LogP) is 1.77. The molecular weight excluding hydrogens is 270 g/mol. The first-order valence-electron chi connectivity index (χ1n) is 7.29. The zero-order valence-electron chi connectivity index (χ0n) is 11.9. The number of rotatable bonds is 5. The summed E-state index contributed by atoms with van der Waals surface area (Å²) in [7, 11) is 0. The van der Waals surface area contributed by atoms with Crippen molar-refractivity contribution in [3.05, 3.63) is 30.1 Å². The lowest BCUT2D eigenvalue weighted by molar-refractivity contribution is -0.143. The lowest BCUT2D eigenvalue weighted by atomic mass is 9.82. The van der Waals surface area contributed by atoms with E-state index in [1.807, 2.05) is 18.2 Å². The maximum Gasteiger partial charge on any atom is 0.315 e. The maximum atomic E-state index is 11.7. The highest BCUT2D eigenvalue weighted by Gasteiger charge is 2.25. The third kappa shape index (κ3) is 5.06. The molecule has 0 radical (unpaired) electrons. The number of carboxylic acid groups (broad SMARTS) is 1. The Morgan fingerprint density at radius 3 is 2.57 bits per heavy atom. The van der Waals surface area contributed by atoms with Crippen molar-refractivity contribution in [2.24, 2.45) is 11.8 Å². The van der Waals surface area contributed by atoms with Crippen LogP contribution in [0, 0.1) is 11.8 Å². The number of hydrogen-bond donors (Lipinski definition) is 3. The summed E-state index contributed by atoms with van der Waals surface area (Å²) in [4.78, 5) is 26.7. The van der Waals surface area contributed by atoms with E-state index in [9.17, 15) is 9.59 Å². The van der Waals surface area contributed by atoms with Gasteiger partial charge in [-0.25, -0.2) is 4.79 Å². The van der Waals surface area contributed by atoms with Gasteiger partial charge in [0.25, 0.3) is 0 Å². The molecule has 3 N–H and O–H groups in total. The Balaban J connectivity index is 1.62.